The number of hydrogen-bond acceptors (Lipinski definition) is 12. The van der Waals surface area contributed by atoms with Gasteiger partial charge >= 0.3 is 11.4 Å². The number of carbonyl (C=O) groups excluding carboxylic acids is 2. The molecule has 4 atom stereocenters. The fourth-order valence-corrected chi connectivity index (χ4v) is 11.6. The zero-order chi connectivity index (χ0) is 46.0. The maximum Gasteiger partial charge on any atom is 0.347 e. The number of nitrogens with zero attached hydrogens (tertiary/aromatic N) is 8. The Morgan fingerprint density at radius 1 is 0.938 bits per heavy atom. The van der Waals surface area contributed by atoms with Crippen molar-refractivity contribution >= 4 is 61.7 Å². The Morgan fingerprint density at radius 3 is 2.43 bits per heavy atom. The Balaban J connectivity index is 1.05. The molecule has 3 aromatic carbocycles. The third-order valence-corrected chi connectivity index (χ3v) is 15.1. The number of phenolic OH excluding ortho intramolecular Hbond substituents is 1. The van der Waals surface area contributed by atoms with Crippen LogP contribution in [0.4, 0.5) is 5.82 Å². The molecule has 10 rings (SSSR count). The van der Waals surface area contributed by atoms with Crippen LogP contribution in [0.15, 0.2) is 80.6 Å². The first-order chi connectivity index (χ1) is 31.1. The number of ether oxygens (including phenoxy) is 3. The average molecular weight is 919 g/mol. The maximum absolute atomic E-state index is 15.3. The normalized spacial score (nSPS) is 20.3. The van der Waals surface area contributed by atoms with Gasteiger partial charge in [0.2, 0.25) is 11.8 Å². The first kappa shape index (κ1) is 42.1. The van der Waals surface area contributed by atoms with Crippen molar-refractivity contribution in [3.05, 3.63) is 119 Å². The summed E-state index contributed by atoms with van der Waals surface area (Å²) in [5, 5.41) is 17.9. The van der Waals surface area contributed by atoms with Crippen LogP contribution in [0.3, 0.4) is 0 Å². The van der Waals surface area contributed by atoms with E-state index in [4.69, 9.17) is 30.9 Å². The summed E-state index contributed by atoms with van der Waals surface area (Å²) >= 11 is 7.87. The molecule has 4 aromatic heterocycles. The van der Waals surface area contributed by atoms with Crippen LogP contribution < -0.4 is 36.0 Å². The minimum absolute atomic E-state index is 0.00699. The summed E-state index contributed by atoms with van der Waals surface area (Å²) in [5.41, 5.74) is 0.410. The zero-order valence-corrected chi connectivity index (χ0v) is 38.0. The summed E-state index contributed by atoms with van der Waals surface area (Å²) in [6.07, 6.45) is 1.75. The van der Waals surface area contributed by atoms with Gasteiger partial charge in [0, 0.05) is 66.5 Å². The second-order valence-electron chi connectivity index (χ2n) is 16.8. The maximum atomic E-state index is 15.3. The first-order valence-electron chi connectivity index (χ1n) is 20.8. The van der Waals surface area contributed by atoms with Gasteiger partial charge in [-0.05, 0) is 73.2 Å². The van der Waals surface area contributed by atoms with Crippen LogP contribution in [0.2, 0.25) is 5.02 Å². The van der Waals surface area contributed by atoms with Gasteiger partial charge in [0.25, 0.3) is 5.56 Å². The number of carbonyl (C=O) groups is 2. The van der Waals surface area contributed by atoms with Crippen molar-refractivity contribution in [1.82, 2.24) is 33.3 Å². The molecule has 17 nitrogen and oxygen atoms in total. The molecule has 3 aliphatic rings. The smallest absolute Gasteiger partial charge is 0.347 e. The predicted octanol–water partition coefficient (Wildman–Crippen LogP) is 5.47. The lowest BCUT2D eigenvalue weighted by atomic mass is 9.56. The molecule has 334 valence electrons. The Labute approximate surface area is 378 Å². The number of thiophene rings is 1. The lowest BCUT2D eigenvalue weighted by Gasteiger charge is -2.47. The van der Waals surface area contributed by atoms with E-state index >= 15 is 9.59 Å². The topological polar surface area (TPSA) is 187 Å². The predicted molar refractivity (Wildman–Crippen MR) is 244 cm³/mol. The zero-order valence-electron chi connectivity index (χ0n) is 36.4. The summed E-state index contributed by atoms with van der Waals surface area (Å²) in [4.78, 5) is 79.3. The average Bonchev–Trinajstić information content (AvgIpc) is 3.97. The van der Waals surface area contributed by atoms with Crippen LogP contribution in [-0.2, 0) is 43.2 Å². The van der Waals surface area contributed by atoms with Gasteiger partial charge in [-0.1, -0.05) is 17.7 Å². The molecule has 0 radical (unpaired) electrons. The van der Waals surface area contributed by atoms with E-state index < -0.39 is 52.0 Å². The third-order valence-electron chi connectivity index (χ3n) is 13.6. The van der Waals surface area contributed by atoms with E-state index in [1.807, 2.05) is 31.2 Å². The highest BCUT2D eigenvalue weighted by Gasteiger charge is 2.66. The summed E-state index contributed by atoms with van der Waals surface area (Å²) in [5.74, 6) is -1.57. The quantitative estimate of drug-likeness (QED) is 0.143. The summed E-state index contributed by atoms with van der Waals surface area (Å²) < 4.78 is 24.1. The number of aromatic nitrogens is 7. The number of aryl methyl sites for hydroxylation is 4. The fourth-order valence-electron chi connectivity index (χ4n) is 10.3. The Morgan fingerprint density at radius 2 is 1.69 bits per heavy atom. The van der Waals surface area contributed by atoms with E-state index in [0.717, 1.165) is 25.1 Å². The molecule has 7 aromatic rings. The Bertz CT molecular complexity index is 3430. The van der Waals surface area contributed by atoms with Gasteiger partial charge in [-0.3, -0.25) is 19.1 Å². The fraction of sp³-hybridized carbons (Fsp3) is 0.326. The molecule has 19 heteroatoms. The second kappa shape index (κ2) is 15.1. The van der Waals surface area contributed by atoms with Gasteiger partial charge in [-0.15, -0.1) is 11.3 Å². The van der Waals surface area contributed by atoms with Crippen LogP contribution >= 0.6 is 22.9 Å². The molecule has 1 N–H and O–H groups in total. The standard InChI is InChI=1S/C46H43ClN8O9S/c1-22-26-16-23(47)8-11-37(26)65-40(22)31-20-38(51(4)49-31)54-41(57)28-18-32-25(39(46(28,2)43(54)59)27-17-24(62-5)9-10-34(27)56)12-15-53-44(60)52(45(61)55(32)53)14-13-29-42(58)50(3)33-21-36(64-7)35(63-6)19-30(33)48-29/h8-12,16-17,19-21,28,32,39,56H,13-15,18H2,1-7H3. The number of amides is 2. The second-order valence-corrected chi connectivity index (χ2v) is 18.3. The van der Waals surface area contributed by atoms with Gasteiger partial charge in [-0.25, -0.2) is 33.4 Å². The number of anilines is 1. The minimum Gasteiger partial charge on any atom is -0.508 e. The van der Waals surface area contributed by atoms with Gasteiger partial charge in [0.15, 0.2) is 11.5 Å². The molecule has 0 spiro atoms. The van der Waals surface area contributed by atoms with E-state index in [2.05, 4.69) is 4.98 Å². The van der Waals surface area contributed by atoms with E-state index in [1.54, 1.807) is 51.4 Å². The summed E-state index contributed by atoms with van der Waals surface area (Å²) in [6.45, 7) is 3.50. The highest BCUT2D eigenvalue weighted by molar-refractivity contribution is 7.22. The molecule has 2 fully saturated rings. The van der Waals surface area contributed by atoms with Crippen molar-refractivity contribution in [1.29, 1.82) is 0 Å². The SMILES string of the molecule is COc1ccc(O)c(C2C3=CCn4c(=O)n(CCc5nc6cc(OC)c(OC)cc6n(C)c5=O)c(=O)n4C3CC3C(=O)N(c4cc(-c5sc6ccc(Cl)cc6c5C)nn4C)C(=O)C32C)c1. The van der Waals surface area contributed by atoms with Gasteiger partial charge in [0.1, 0.15) is 28.7 Å². The van der Waals surface area contributed by atoms with Gasteiger partial charge in [-0.2, -0.15) is 5.10 Å². The molecule has 4 unspecified atom stereocenters. The van der Waals surface area contributed by atoms with Crippen molar-refractivity contribution in [3.8, 4) is 33.6 Å². The van der Waals surface area contributed by atoms with Crippen molar-refractivity contribution in [2.45, 2.75) is 51.7 Å². The number of hydrogen-bond donors (Lipinski definition) is 1. The Hall–Kier alpha value is -6.92. The molecule has 2 amide bonds. The Kier molecular flexibility index (Phi) is 9.76. The van der Waals surface area contributed by atoms with Crippen molar-refractivity contribution in [2.75, 3.05) is 26.2 Å². The summed E-state index contributed by atoms with van der Waals surface area (Å²) in [7, 11) is 7.76. The molecule has 2 aliphatic heterocycles. The van der Waals surface area contributed by atoms with E-state index in [9.17, 15) is 19.5 Å². The molecular formula is C46H43ClN8O9S. The van der Waals surface area contributed by atoms with Crippen LogP contribution in [0.1, 0.15) is 42.1 Å². The van der Waals surface area contributed by atoms with Crippen LogP contribution in [0.5, 0.6) is 23.0 Å². The van der Waals surface area contributed by atoms with E-state index in [0.29, 0.717) is 50.1 Å². The van der Waals surface area contributed by atoms with E-state index in [-0.39, 0.29) is 43.2 Å². The lowest BCUT2D eigenvalue weighted by Crippen LogP contribution is -2.49. The van der Waals surface area contributed by atoms with Crippen LogP contribution in [0, 0.1) is 18.3 Å². The molecular weight excluding hydrogens is 876 g/mol. The number of halogens is 1. The first-order valence-corrected chi connectivity index (χ1v) is 22.0. The van der Waals surface area contributed by atoms with Crippen LogP contribution in [0.25, 0.3) is 31.7 Å². The number of aromatic hydroxyl groups is 1. The summed E-state index contributed by atoms with van der Waals surface area (Å²) in [6, 6.07) is 14.5. The lowest BCUT2D eigenvalue weighted by molar-refractivity contribution is -0.129. The van der Waals surface area contributed by atoms with Gasteiger partial charge < -0.3 is 23.9 Å². The van der Waals surface area contributed by atoms with Gasteiger partial charge in [0.05, 0.1) is 61.2 Å². The number of fused-ring (bicyclic) bond motifs is 6. The van der Waals surface area contributed by atoms with E-state index in [1.165, 1.54) is 62.2 Å². The molecule has 6 heterocycles. The molecule has 1 aliphatic carbocycles. The molecule has 0 bridgehead atoms. The number of rotatable bonds is 9. The highest BCUT2D eigenvalue weighted by atomic mass is 35.5. The van der Waals surface area contributed by atoms with Crippen molar-refractivity contribution in [3.63, 3.8) is 0 Å². The van der Waals surface area contributed by atoms with Crippen molar-refractivity contribution in [2.24, 2.45) is 25.4 Å². The monoisotopic (exact) mass is 918 g/mol. The molecule has 65 heavy (non-hydrogen) atoms. The number of allylic oxidation sites excluding steroid dienone is 2. The highest BCUT2D eigenvalue weighted by Crippen LogP contribution is 2.62. The number of benzene rings is 3. The third kappa shape index (κ3) is 6.06. The minimum atomic E-state index is -1.47. The number of imide groups is 1. The molecule has 1 saturated heterocycles. The largest absolute Gasteiger partial charge is 0.508 e. The molecule has 1 saturated carbocycles. The van der Waals surface area contributed by atoms with Crippen LogP contribution in [-0.4, -0.2) is 71.5 Å². The number of methoxy groups -OCH3 is 3. The number of phenols is 1. The van der Waals surface area contributed by atoms with Crippen molar-refractivity contribution < 1.29 is 28.9 Å².